The van der Waals surface area contributed by atoms with Gasteiger partial charge in [-0.15, -0.1) is 0 Å². The number of hydrogen-bond acceptors (Lipinski definition) is 3. The maximum absolute atomic E-state index is 13.1. The number of carbonyl (C=O) groups excluding carboxylic acids is 3. The summed E-state index contributed by atoms with van der Waals surface area (Å²) in [5.74, 6) is -3.10. The van der Waals surface area contributed by atoms with E-state index >= 15 is 0 Å². The van der Waals surface area contributed by atoms with Gasteiger partial charge >= 0.3 is 0 Å². The van der Waals surface area contributed by atoms with Crippen molar-refractivity contribution in [3.05, 3.63) is 29.8 Å². The third-order valence-electron chi connectivity index (χ3n) is 3.59. The number of hydrogen-bond donors (Lipinski definition) is 1. The van der Waals surface area contributed by atoms with Crippen molar-refractivity contribution < 1.29 is 23.2 Å². The zero-order valence-corrected chi connectivity index (χ0v) is 12.6. The second-order valence-electron chi connectivity index (χ2n) is 5.24. The smallest absolute Gasteiger partial charge is 0.233 e. The Balaban J connectivity index is 1.84. The monoisotopic (exact) mass is 325 g/mol. The third kappa shape index (κ3) is 4.48. The summed E-state index contributed by atoms with van der Waals surface area (Å²) in [6.07, 6.45) is -0.390. The van der Waals surface area contributed by atoms with E-state index in [9.17, 15) is 23.2 Å². The molecule has 3 amide bonds. The Bertz CT molecular complexity index is 628. The molecule has 8 heteroatoms. The molecule has 0 spiro atoms. The van der Waals surface area contributed by atoms with E-state index in [0.717, 1.165) is 12.1 Å². The summed E-state index contributed by atoms with van der Waals surface area (Å²) < 4.78 is 25.9. The minimum atomic E-state index is -1.07. The van der Waals surface area contributed by atoms with E-state index < -0.39 is 17.5 Å². The molecule has 1 heterocycles. The Kier molecular flexibility index (Phi) is 5.25. The van der Waals surface area contributed by atoms with Crippen molar-refractivity contribution in [1.29, 1.82) is 0 Å². The maximum atomic E-state index is 13.1. The fourth-order valence-electron chi connectivity index (χ4n) is 2.30. The molecule has 0 atom stereocenters. The number of nitrogens with zero attached hydrogens (tertiary/aromatic N) is 2. The number of benzene rings is 1. The molecule has 0 radical (unpaired) electrons. The molecule has 1 aromatic rings. The number of anilines is 1. The molecule has 6 nitrogen and oxygen atoms in total. The first-order valence-electron chi connectivity index (χ1n) is 7.15. The molecule has 0 saturated carbocycles. The van der Waals surface area contributed by atoms with Crippen LogP contribution >= 0.6 is 0 Å². The van der Waals surface area contributed by atoms with Gasteiger partial charge in [-0.1, -0.05) is 0 Å². The van der Waals surface area contributed by atoms with Crippen molar-refractivity contribution in [2.75, 3.05) is 31.5 Å². The van der Waals surface area contributed by atoms with Gasteiger partial charge in [0, 0.05) is 44.9 Å². The van der Waals surface area contributed by atoms with Gasteiger partial charge in [-0.05, 0) is 12.1 Å². The highest BCUT2D eigenvalue weighted by Crippen LogP contribution is 2.13. The second kappa shape index (κ2) is 7.17. The van der Waals surface area contributed by atoms with Gasteiger partial charge in [0.2, 0.25) is 17.7 Å². The first kappa shape index (κ1) is 16.9. The summed E-state index contributed by atoms with van der Waals surface area (Å²) in [7, 11) is 0. The highest BCUT2D eigenvalue weighted by atomic mass is 19.2. The van der Waals surface area contributed by atoms with Gasteiger partial charge in [-0.3, -0.25) is 14.4 Å². The molecule has 0 aromatic heterocycles. The Morgan fingerprint density at radius 2 is 1.65 bits per heavy atom. The average molecular weight is 325 g/mol. The first-order valence-corrected chi connectivity index (χ1v) is 7.15. The molecule has 23 heavy (non-hydrogen) atoms. The van der Waals surface area contributed by atoms with Crippen LogP contribution in [-0.2, 0) is 14.4 Å². The van der Waals surface area contributed by atoms with Gasteiger partial charge in [0.05, 0.1) is 0 Å². The Morgan fingerprint density at radius 3 is 2.22 bits per heavy atom. The summed E-state index contributed by atoms with van der Waals surface area (Å²) in [6, 6.07) is 2.96. The van der Waals surface area contributed by atoms with Crippen LogP contribution in [0, 0.1) is 11.6 Å². The molecule has 1 aliphatic heterocycles. The van der Waals surface area contributed by atoms with Crippen molar-refractivity contribution in [1.82, 2.24) is 9.80 Å². The molecule has 2 rings (SSSR count). The normalized spacial score (nSPS) is 14.6. The van der Waals surface area contributed by atoms with Crippen LogP contribution in [0.2, 0.25) is 0 Å². The van der Waals surface area contributed by atoms with Gasteiger partial charge < -0.3 is 15.1 Å². The third-order valence-corrected chi connectivity index (χ3v) is 3.59. The van der Waals surface area contributed by atoms with Gasteiger partial charge in [0.25, 0.3) is 0 Å². The van der Waals surface area contributed by atoms with Crippen LogP contribution in [0.1, 0.15) is 13.3 Å². The van der Waals surface area contributed by atoms with Crippen LogP contribution in [0.5, 0.6) is 0 Å². The predicted molar refractivity (Wildman–Crippen MR) is 78.4 cm³/mol. The molecule has 1 saturated heterocycles. The highest BCUT2D eigenvalue weighted by molar-refractivity contribution is 6.03. The van der Waals surface area contributed by atoms with Crippen LogP contribution in [0.15, 0.2) is 18.2 Å². The van der Waals surface area contributed by atoms with Gasteiger partial charge in [-0.25, -0.2) is 8.78 Å². The van der Waals surface area contributed by atoms with E-state index in [1.165, 1.54) is 17.9 Å². The molecule has 0 bridgehead atoms. The van der Waals surface area contributed by atoms with E-state index in [2.05, 4.69) is 5.32 Å². The number of halogens is 2. The lowest BCUT2D eigenvalue weighted by Crippen LogP contribution is -2.50. The van der Waals surface area contributed by atoms with Gasteiger partial charge in [0.15, 0.2) is 11.6 Å². The Morgan fingerprint density at radius 1 is 1.04 bits per heavy atom. The quantitative estimate of drug-likeness (QED) is 0.843. The predicted octanol–water partition coefficient (Wildman–Crippen LogP) is 0.984. The van der Waals surface area contributed by atoms with Crippen molar-refractivity contribution >= 4 is 23.4 Å². The summed E-state index contributed by atoms with van der Waals surface area (Å²) >= 11 is 0. The molecule has 0 unspecified atom stereocenters. The molecule has 0 aliphatic carbocycles. The van der Waals surface area contributed by atoms with Crippen molar-refractivity contribution in [3.8, 4) is 0 Å². The minimum Gasteiger partial charge on any atom is -0.339 e. The average Bonchev–Trinajstić information content (AvgIpc) is 2.51. The SMILES string of the molecule is CC(=O)N1CCN(C(=O)CC(=O)Nc2ccc(F)c(F)c2)CC1. The number of carbonyl (C=O) groups is 3. The van der Waals surface area contributed by atoms with Crippen LogP contribution in [0.4, 0.5) is 14.5 Å². The molecule has 1 fully saturated rings. The van der Waals surface area contributed by atoms with Crippen molar-refractivity contribution in [3.63, 3.8) is 0 Å². The number of piperazine rings is 1. The topological polar surface area (TPSA) is 69.7 Å². The summed E-state index contributed by atoms with van der Waals surface area (Å²) in [4.78, 5) is 38.2. The van der Waals surface area contributed by atoms with Gasteiger partial charge in [0.1, 0.15) is 6.42 Å². The number of rotatable bonds is 3. The molecule has 1 aromatic carbocycles. The molecule has 124 valence electrons. The number of amides is 3. The molecular weight excluding hydrogens is 308 g/mol. The zero-order chi connectivity index (χ0) is 17.0. The van der Waals surface area contributed by atoms with E-state index in [1.807, 2.05) is 0 Å². The molecule has 1 N–H and O–H groups in total. The lowest BCUT2D eigenvalue weighted by molar-refractivity contribution is -0.140. The summed E-state index contributed by atoms with van der Waals surface area (Å²) in [6.45, 7) is 3.08. The standard InChI is InChI=1S/C15H17F2N3O3/c1-10(21)19-4-6-20(7-5-19)15(23)9-14(22)18-11-2-3-12(16)13(17)8-11/h2-3,8H,4-7,9H2,1H3,(H,18,22). The van der Waals surface area contributed by atoms with E-state index in [0.29, 0.717) is 26.2 Å². The fourth-order valence-corrected chi connectivity index (χ4v) is 2.30. The van der Waals surface area contributed by atoms with Gasteiger partial charge in [-0.2, -0.15) is 0 Å². The van der Waals surface area contributed by atoms with Crippen LogP contribution < -0.4 is 5.32 Å². The lowest BCUT2D eigenvalue weighted by atomic mass is 10.2. The highest BCUT2D eigenvalue weighted by Gasteiger charge is 2.23. The van der Waals surface area contributed by atoms with Crippen molar-refractivity contribution in [2.24, 2.45) is 0 Å². The van der Waals surface area contributed by atoms with Crippen LogP contribution in [-0.4, -0.2) is 53.7 Å². The maximum Gasteiger partial charge on any atom is 0.233 e. The second-order valence-corrected chi connectivity index (χ2v) is 5.24. The first-order chi connectivity index (χ1) is 10.9. The minimum absolute atomic E-state index is 0.0480. The van der Waals surface area contributed by atoms with Crippen molar-refractivity contribution in [2.45, 2.75) is 13.3 Å². The fraction of sp³-hybridized carbons (Fsp3) is 0.400. The van der Waals surface area contributed by atoms with E-state index in [4.69, 9.17) is 0 Å². The number of nitrogens with one attached hydrogen (secondary N) is 1. The summed E-state index contributed by atoms with van der Waals surface area (Å²) in [5, 5.41) is 2.35. The van der Waals surface area contributed by atoms with Crippen LogP contribution in [0.25, 0.3) is 0 Å². The van der Waals surface area contributed by atoms with E-state index in [1.54, 1.807) is 4.90 Å². The molecule has 1 aliphatic rings. The summed E-state index contributed by atoms with van der Waals surface area (Å²) in [5.41, 5.74) is 0.0862. The Labute approximate surface area is 132 Å². The Hall–Kier alpha value is -2.51. The lowest BCUT2D eigenvalue weighted by Gasteiger charge is -2.34. The largest absolute Gasteiger partial charge is 0.339 e. The van der Waals surface area contributed by atoms with Crippen LogP contribution in [0.3, 0.4) is 0 Å². The molecular formula is C15H17F2N3O3. The zero-order valence-electron chi connectivity index (χ0n) is 12.6. The van der Waals surface area contributed by atoms with E-state index in [-0.39, 0.29) is 23.9 Å².